The number of benzene rings is 1. The smallest absolute Gasteiger partial charge is 0.280 e. The first kappa shape index (κ1) is 18.5. The molecule has 0 N–H and O–H groups in total. The van der Waals surface area contributed by atoms with Gasteiger partial charge in [0.05, 0.1) is 22.8 Å². The van der Waals surface area contributed by atoms with E-state index in [0.717, 1.165) is 0 Å². The lowest BCUT2D eigenvalue weighted by Gasteiger charge is -2.07. The maximum Gasteiger partial charge on any atom is 0.280 e. The van der Waals surface area contributed by atoms with Crippen molar-refractivity contribution in [2.45, 2.75) is 17.9 Å². The Labute approximate surface area is 144 Å². The highest BCUT2D eigenvalue weighted by Gasteiger charge is 2.15. The fourth-order valence-corrected chi connectivity index (χ4v) is 3.40. The SMILES string of the molecule is O=Cc1cc(OCCCCS(=O)(=O)c2ccccn2)ccc1[N+](=O)[O-]. The third kappa shape index (κ3) is 5.08. The molecule has 0 aliphatic heterocycles. The van der Waals surface area contributed by atoms with Gasteiger partial charge in [0.25, 0.3) is 5.69 Å². The summed E-state index contributed by atoms with van der Waals surface area (Å²) in [6.07, 6.45) is 2.67. The zero-order valence-electron chi connectivity index (χ0n) is 13.2. The maximum absolute atomic E-state index is 12.0. The highest BCUT2D eigenvalue weighted by atomic mass is 32.2. The predicted octanol–water partition coefficient (Wildman–Crippen LogP) is 2.44. The molecular weight excluding hydrogens is 348 g/mol. The van der Waals surface area contributed by atoms with Crippen molar-refractivity contribution < 1.29 is 22.9 Å². The molecule has 1 aromatic carbocycles. The first-order valence-electron chi connectivity index (χ1n) is 7.44. The molecule has 0 spiro atoms. The third-order valence-corrected chi connectivity index (χ3v) is 5.06. The second kappa shape index (κ2) is 8.34. The summed E-state index contributed by atoms with van der Waals surface area (Å²) in [7, 11) is -3.42. The number of nitrogens with zero attached hydrogens (tertiary/aromatic N) is 2. The summed E-state index contributed by atoms with van der Waals surface area (Å²) >= 11 is 0. The minimum atomic E-state index is -3.42. The Morgan fingerprint density at radius 1 is 1.20 bits per heavy atom. The summed E-state index contributed by atoms with van der Waals surface area (Å²) in [4.78, 5) is 24.8. The molecular formula is C16H16N2O6S. The van der Waals surface area contributed by atoms with E-state index in [-0.39, 0.29) is 28.6 Å². The minimum Gasteiger partial charge on any atom is -0.494 e. The summed E-state index contributed by atoms with van der Waals surface area (Å²) in [5.74, 6) is 0.271. The van der Waals surface area contributed by atoms with Crippen molar-refractivity contribution in [3.05, 3.63) is 58.3 Å². The highest BCUT2D eigenvalue weighted by Crippen LogP contribution is 2.22. The molecule has 0 bridgehead atoms. The molecule has 2 rings (SSSR count). The van der Waals surface area contributed by atoms with Crippen LogP contribution in [0.15, 0.2) is 47.6 Å². The lowest BCUT2D eigenvalue weighted by atomic mass is 10.2. The van der Waals surface area contributed by atoms with Gasteiger partial charge in [-0.05, 0) is 37.1 Å². The standard InChI is InChI=1S/C16H16N2O6S/c19-12-13-11-14(6-7-15(13)18(20)21)24-9-3-4-10-25(22,23)16-5-1-2-8-17-16/h1-2,5-8,11-12H,3-4,9-10H2. The second-order valence-corrected chi connectivity index (χ2v) is 7.19. The van der Waals surface area contributed by atoms with Crippen LogP contribution in [0.1, 0.15) is 23.2 Å². The molecule has 0 fully saturated rings. The van der Waals surface area contributed by atoms with E-state index in [1.54, 1.807) is 12.1 Å². The van der Waals surface area contributed by atoms with Gasteiger partial charge in [-0.25, -0.2) is 13.4 Å². The van der Waals surface area contributed by atoms with E-state index in [2.05, 4.69) is 4.98 Å². The number of carbonyl (C=O) groups is 1. The van der Waals surface area contributed by atoms with Crippen molar-refractivity contribution in [3.63, 3.8) is 0 Å². The summed E-state index contributed by atoms with van der Waals surface area (Å²) in [5.41, 5.74) is -0.357. The van der Waals surface area contributed by atoms with Crippen LogP contribution in [0.5, 0.6) is 5.75 Å². The molecule has 25 heavy (non-hydrogen) atoms. The zero-order chi connectivity index (χ0) is 18.3. The number of ether oxygens (including phenoxy) is 1. The molecule has 0 unspecified atom stereocenters. The molecule has 0 atom stereocenters. The van der Waals surface area contributed by atoms with Gasteiger partial charge in [0.2, 0.25) is 0 Å². The molecule has 1 heterocycles. The normalized spacial score (nSPS) is 11.0. The van der Waals surface area contributed by atoms with Crippen LogP contribution in [0.3, 0.4) is 0 Å². The number of pyridine rings is 1. The van der Waals surface area contributed by atoms with E-state index in [4.69, 9.17) is 4.74 Å². The van der Waals surface area contributed by atoms with E-state index >= 15 is 0 Å². The molecule has 0 aliphatic rings. The highest BCUT2D eigenvalue weighted by molar-refractivity contribution is 7.91. The largest absolute Gasteiger partial charge is 0.494 e. The van der Waals surface area contributed by atoms with Crippen molar-refractivity contribution in [1.29, 1.82) is 0 Å². The Kier molecular flexibility index (Phi) is 6.18. The number of aldehydes is 1. The first-order chi connectivity index (χ1) is 11.9. The quantitative estimate of drug-likeness (QED) is 0.290. The molecule has 132 valence electrons. The molecule has 0 saturated heterocycles. The topological polar surface area (TPSA) is 116 Å². The van der Waals surface area contributed by atoms with E-state index < -0.39 is 14.8 Å². The van der Waals surface area contributed by atoms with Gasteiger partial charge in [0, 0.05) is 12.3 Å². The van der Waals surface area contributed by atoms with Gasteiger partial charge in [-0.15, -0.1) is 0 Å². The van der Waals surface area contributed by atoms with Crippen LogP contribution in [0.2, 0.25) is 0 Å². The molecule has 0 radical (unpaired) electrons. The monoisotopic (exact) mass is 364 g/mol. The van der Waals surface area contributed by atoms with Gasteiger partial charge in [-0.3, -0.25) is 14.9 Å². The lowest BCUT2D eigenvalue weighted by Crippen LogP contribution is -2.10. The average Bonchev–Trinajstić information content (AvgIpc) is 2.61. The molecule has 0 aliphatic carbocycles. The Hall–Kier alpha value is -2.81. The summed E-state index contributed by atoms with van der Waals surface area (Å²) in [5, 5.41) is 10.8. The third-order valence-electron chi connectivity index (χ3n) is 3.36. The first-order valence-corrected chi connectivity index (χ1v) is 9.09. The van der Waals surface area contributed by atoms with Gasteiger partial charge in [0.1, 0.15) is 5.75 Å². The number of rotatable bonds is 9. The summed E-state index contributed by atoms with van der Waals surface area (Å²) in [6.45, 7) is 0.230. The zero-order valence-corrected chi connectivity index (χ0v) is 14.0. The van der Waals surface area contributed by atoms with Crippen LogP contribution in [0, 0.1) is 10.1 Å². The number of carbonyl (C=O) groups excluding carboxylic acids is 1. The molecule has 0 saturated carbocycles. The van der Waals surface area contributed by atoms with Crippen molar-refractivity contribution in [1.82, 2.24) is 4.98 Å². The van der Waals surface area contributed by atoms with Gasteiger partial charge in [-0.1, -0.05) is 6.07 Å². The van der Waals surface area contributed by atoms with E-state index in [1.165, 1.54) is 30.5 Å². The van der Waals surface area contributed by atoms with Crippen LogP contribution < -0.4 is 4.74 Å². The molecule has 1 aromatic heterocycles. The van der Waals surface area contributed by atoms with E-state index in [9.17, 15) is 23.3 Å². The number of nitro groups is 1. The van der Waals surface area contributed by atoms with Gasteiger partial charge < -0.3 is 4.74 Å². The Bertz CT molecular complexity index is 852. The Balaban J connectivity index is 1.84. The van der Waals surface area contributed by atoms with Crippen LogP contribution >= 0.6 is 0 Å². The van der Waals surface area contributed by atoms with E-state index in [0.29, 0.717) is 24.9 Å². The lowest BCUT2D eigenvalue weighted by molar-refractivity contribution is -0.385. The number of hydrogen-bond acceptors (Lipinski definition) is 7. The van der Waals surface area contributed by atoms with Crippen LogP contribution in [-0.2, 0) is 9.84 Å². The van der Waals surface area contributed by atoms with Crippen molar-refractivity contribution in [2.75, 3.05) is 12.4 Å². The van der Waals surface area contributed by atoms with Crippen molar-refractivity contribution in [2.24, 2.45) is 0 Å². The molecule has 2 aromatic rings. The fourth-order valence-electron chi connectivity index (χ4n) is 2.10. The van der Waals surface area contributed by atoms with Crippen molar-refractivity contribution >= 4 is 21.8 Å². The van der Waals surface area contributed by atoms with Crippen LogP contribution in [0.25, 0.3) is 0 Å². The number of nitro benzene ring substituents is 1. The Morgan fingerprint density at radius 2 is 2.00 bits per heavy atom. The Morgan fingerprint density at radius 3 is 2.64 bits per heavy atom. The number of hydrogen-bond donors (Lipinski definition) is 0. The maximum atomic E-state index is 12.0. The number of sulfone groups is 1. The van der Waals surface area contributed by atoms with Crippen molar-refractivity contribution in [3.8, 4) is 5.75 Å². The second-order valence-electron chi connectivity index (χ2n) is 5.14. The van der Waals surface area contributed by atoms with Gasteiger partial charge in [0.15, 0.2) is 21.1 Å². The molecule has 0 amide bonds. The summed E-state index contributed by atoms with van der Waals surface area (Å²) in [6, 6.07) is 8.59. The van der Waals surface area contributed by atoms with Gasteiger partial charge >= 0.3 is 0 Å². The predicted molar refractivity (Wildman–Crippen MR) is 89.5 cm³/mol. The van der Waals surface area contributed by atoms with E-state index in [1.807, 2.05) is 0 Å². The minimum absolute atomic E-state index is 0.0434. The number of aromatic nitrogens is 1. The average molecular weight is 364 g/mol. The van der Waals surface area contributed by atoms with Crippen LogP contribution in [0.4, 0.5) is 5.69 Å². The summed E-state index contributed by atoms with van der Waals surface area (Å²) < 4.78 is 29.5. The van der Waals surface area contributed by atoms with Gasteiger partial charge in [-0.2, -0.15) is 0 Å². The molecule has 9 heteroatoms. The fraction of sp³-hybridized carbons (Fsp3) is 0.250. The van der Waals surface area contributed by atoms with Crippen LogP contribution in [-0.4, -0.2) is 37.0 Å². The molecule has 8 nitrogen and oxygen atoms in total. The number of unbranched alkanes of at least 4 members (excludes halogenated alkanes) is 1.